The third-order valence-electron chi connectivity index (χ3n) is 14.4. The van der Waals surface area contributed by atoms with Crippen LogP contribution in [0.4, 0.5) is 0 Å². The van der Waals surface area contributed by atoms with Gasteiger partial charge in [-0.1, -0.05) is 52.8 Å². The van der Waals surface area contributed by atoms with E-state index in [4.69, 9.17) is 23.7 Å². The summed E-state index contributed by atoms with van der Waals surface area (Å²) in [5.74, 6) is -7.77. The molecule has 1 saturated carbocycles. The minimum atomic E-state index is -2.55. The van der Waals surface area contributed by atoms with Gasteiger partial charge in [0, 0.05) is 64.0 Å². The van der Waals surface area contributed by atoms with E-state index in [-0.39, 0.29) is 60.7 Å². The van der Waals surface area contributed by atoms with Gasteiger partial charge in [0.05, 0.1) is 36.7 Å². The Morgan fingerprint density at radius 1 is 0.970 bits per heavy atom. The average molecular weight is 922 g/mol. The van der Waals surface area contributed by atoms with Crippen molar-refractivity contribution in [1.29, 1.82) is 0 Å². The van der Waals surface area contributed by atoms with Crippen molar-refractivity contribution in [3.63, 3.8) is 0 Å². The molecule has 66 heavy (non-hydrogen) atoms. The molecule has 0 spiro atoms. The summed E-state index contributed by atoms with van der Waals surface area (Å²) in [5.41, 5.74) is 2.24. The number of cyclic esters (lactones) is 1. The predicted octanol–water partition coefficient (Wildman–Crippen LogP) is 5.95. The Kier molecular flexibility index (Phi) is 19.4. The van der Waals surface area contributed by atoms with E-state index in [9.17, 15) is 34.2 Å². The summed E-state index contributed by atoms with van der Waals surface area (Å²) in [4.78, 5) is 75.3. The Morgan fingerprint density at radius 2 is 1.68 bits per heavy atom. The molecular weight excluding hydrogens is 847 g/mol. The Morgan fingerprint density at radius 3 is 2.35 bits per heavy atom. The van der Waals surface area contributed by atoms with Crippen molar-refractivity contribution in [3.8, 4) is 0 Å². The van der Waals surface area contributed by atoms with Crippen LogP contribution in [0.3, 0.4) is 0 Å². The van der Waals surface area contributed by atoms with Crippen molar-refractivity contribution in [3.05, 3.63) is 65.7 Å². The Hall–Kier alpha value is -4.12. The number of allylic oxidation sites excluding steroid dienone is 2. The third kappa shape index (κ3) is 13.1. The number of carbonyl (C=O) groups excluding carboxylic acids is 5. The minimum Gasteiger partial charge on any atom is -0.456 e. The number of hydrogen-bond donors (Lipinski definition) is 3. The number of pyridine rings is 1. The van der Waals surface area contributed by atoms with E-state index in [0.717, 1.165) is 22.6 Å². The van der Waals surface area contributed by atoms with Crippen molar-refractivity contribution in [2.24, 2.45) is 35.5 Å². The number of fused-ring (bicyclic) bond motifs is 3. The fourth-order valence-corrected chi connectivity index (χ4v) is 10.5. The van der Waals surface area contributed by atoms with Crippen LogP contribution in [0.25, 0.3) is 0 Å². The second kappa shape index (κ2) is 24.2. The number of aliphatic hydroxyl groups is 2. The number of Topliss-reactive ketones (excluding diaryl/α,β-unsaturated/α-hetero) is 2. The second-order valence-electron chi connectivity index (χ2n) is 19.4. The second-order valence-corrected chi connectivity index (χ2v) is 19.4. The standard InChI is InChI=1S/C51H75N3O12/c1-10-36-22-30(2)21-31(3)23-43(63-8)47-44(64-9)25-33(5)51(61,66-47)48(58)49(59)54-20-14-12-16-39(54)50(60)65-46(34(6)40(55)28-41(36)56)32(4)24-35-17-18-37(42(26-35)62-7)27-45(57)53-29-38-15-11-13-19-52-38/h11,13-15,19-20,24,27,30-31,33-36,39-40,42-44,46-47,55,61H,10,12,16-18,21-23,25-26,28-29H2,1-9H3,(H,53,57). The van der Waals surface area contributed by atoms with Crippen LogP contribution in [0.2, 0.25) is 0 Å². The van der Waals surface area contributed by atoms with Crippen LogP contribution in [-0.2, 0) is 54.2 Å². The zero-order valence-corrected chi connectivity index (χ0v) is 40.5. The normalized spacial score (nSPS) is 36.6. The highest BCUT2D eigenvalue weighted by Gasteiger charge is 2.56. The van der Waals surface area contributed by atoms with E-state index in [1.165, 1.54) is 20.4 Å². The SMILES string of the molecule is CCC1CC(C)CC(C)CC(OC)C2OC(O)(C(=O)C(=O)N3C=CCCC3C(=O)OC(C(C)=CC3CCC(=CC(=O)NCc4ccccn4)C(OC)C3)C(C)C(O)CC1=O)C(C)CC2OC. The molecule has 4 heterocycles. The Bertz CT molecular complexity index is 1920. The fraction of sp³-hybridized carbons (Fsp3) is 0.686. The van der Waals surface area contributed by atoms with Gasteiger partial charge in [0.25, 0.3) is 5.78 Å². The molecule has 0 radical (unpaired) electrons. The molecule has 1 aliphatic carbocycles. The van der Waals surface area contributed by atoms with E-state index in [1.807, 2.05) is 38.1 Å². The highest BCUT2D eigenvalue weighted by molar-refractivity contribution is 6.39. The predicted molar refractivity (Wildman–Crippen MR) is 246 cm³/mol. The highest BCUT2D eigenvalue weighted by Crippen LogP contribution is 2.40. The van der Waals surface area contributed by atoms with Gasteiger partial charge in [0.1, 0.15) is 24.0 Å². The van der Waals surface area contributed by atoms with Crippen LogP contribution >= 0.6 is 0 Å². The molecule has 15 heteroatoms. The number of aromatic nitrogens is 1. The molecule has 3 fully saturated rings. The Balaban J connectivity index is 1.45. The third-order valence-corrected chi connectivity index (χ3v) is 14.4. The number of nitrogens with zero attached hydrogens (tertiary/aromatic N) is 2. The number of nitrogens with one attached hydrogen (secondary N) is 1. The maximum absolute atomic E-state index is 14.5. The quantitative estimate of drug-likeness (QED) is 0.114. The van der Waals surface area contributed by atoms with E-state index >= 15 is 0 Å². The summed E-state index contributed by atoms with van der Waals surface area (Å²) < 4.78 is 30.2. The monoisotopic (exact) mass is 922 g/mol. The summed E-state index contributed by atoms with van der Waals surface area (Å²) in [6.45, 7) is 11.6. The lowest BCUT2D eigenvalue weighted by atomic mass is 9.79. The largest absolute Gasteiger partial charge is 0.456 e. The first-order valence-electron chi connectivity index (χ1n) is 23.9. The van der Waals surface area contributed by atoms with E-state index in [0.29, 0.717) is 57.1 Å². The van der Waals surface area contributed by atoms with Gasteiger partial charge < -0.3 is 39.2 Å². The van der Waals surface area contributed by atoms with Crippen molar-refractivity contribution < 1.29 is 57.9 Å². The highest BCUT2D eigenvalue weighted by atomic mass is 16.7. The maximum atomic E-state index is 14.5. The van der Waals surface area contributed by atoms with Gasteiger partial charge >= 0.3 is 11.9 Å². The maximum Gasteiger partial charge on any atom is 0.329 e. The molecule has 2 bridgehead atoms. The van der Waals surface area contributed by atoms with Crippen LogP contribution in [0.1, 0.15) is 118 Å². The number of methoxy groups -OCH3 is 3. The molecule has 3 aliphatic heterocycles. The lowest BCUT2D eigenvalue weighted by Gasteiger charge is -2.46. The van der Waals surface area contributed by atoms with Crippen molar-refractivity contribution in [1.82, 2.24) is 15.2 Å². The van der Waals surface area contributed by atoms with Gasteiger partial charge in [0.15, 0.2) is 0 Å². The lowest BCUT2D eigenvalue weighted by Crippen LogP contribution is -2.64. The first kappa shape index (κ1) is 52.8. The van der Waals surface area contributed by atoms with Gasteiger partial charge in [-0.15, -0.1) is 0 Å². The summed E-state index contributed by atoms with van der Waals surface area (Å²) in [6.07, 6.45) is 8.50. The van der Waals surface area contributed by atoms with Gasteiger partial charge in [0.2, 0.25) is 11.7 Å². The molecule has 1 aromatic rings. The van der Waals surface area contributed by atoms with Gasteiger partial charge in [-0.2, -0.15) is 0 Å². The molecule has 2 saturated heterocycles. The smallest absolute Gasteiger partial charge is 0.329 e. The molecule has 14 unspecified atom stereocenters. The van der Waals surface area contributed by atoms with Gasteiger partial charge in [-0.25, -0.2) is 4.79 Å². The molecule has 3 N–H and O–H groups in total. The van der Waals surface area contributed by atoms with Gasteiger partial charge in [-0.3, -0.25) is 29.1 Å². The van der Waals surface area contributed by atoms with Crippen LogP contribution < -0.4 is 5.32 Å². The van der Waals surface area contributed by atoms with Crippen LogP contribution in [-0.4, -0.2) is 119 Å². The van der Waals surface area contributed by atoms with Crippen LogP contribution in [0.5, 0.6) is 0 Å². The molecular formula is C51H75N3O12. The summed E-state index contributed by atoms with van der Waals surface area (Å²) in [5, 5.41) is 26.8. The molecule has 14 atom stereocenters. The first-order valence-corrected chi connectivity index (χ1v) is 23.9. The molecule has 1 aromatic heterocycles. The first-order chi connectivity index (χ1) is 31.4. The number of aliphatic hydroxyl groups excluding tert-OH is 1. The zero-order chi connectivity index (χ0) is 48.3. The average Bonchev–Trinajstić information content (AvgIpc) is 3.31. The van der Waals surface area contributed by atoms with Crippen molar-refractivity contribution in [2.45, 2.75) is 167 Å². The Labute approximate surface area is 391 Å². The fourth-order valence-electron chi connectivity index (χ4n) is 10.5. The number of carbonyl (C=O) groups is 5. The number of amides is 2. The van der Waals surface area contributed by atoms with Crippen LogP contribution in [0, 0.1) is 35.5 Å². The van der Waals surface area contributed by atoms with Gasteiger partial charge in [-0.05, 0) is 112 Å². The number of hydrogen-bond acceptors (Lipinski definition) is 13. The van der Waals surface area contributed by atoms with E-state index in [2.05, 4.69) is 24.1 Å². The number of ether oxygens (including phenoxy) is 5. The van der Waals surface area contributed by atoms with Crippen LogP contribution in [0.15, 0.2) is 60.0 Å². The minimum absolute atomic E-state index is 0.0578. The summed E-state index contributed by atoms with van der Waals surface area (Å²) in [6, 6.07) is 4.27. The number of rotatable bonds is 9. The van der Waals surface area contributed by atoms with Crippen molar-refractivity contribution in [2.75, 3.05) is 21.3 Å². The molecule has 0 aromatic carbocycles. The molecule has 2 amide bonds. The molecule has 4 aliphatic rings. The lowest BCUT2D eigenvalue weighted by molar-refractivity contribution is -0.302. The van der Waals surface area contributed by atoms with Crippen molar-refractivity contribution >= 4 is 29.4 Å². The van der Waals surface area contributed by atoms with E-state index in [1.54, 1.807) is 39.3 Å². The molecule has 15 nitrogen and oxygen atoms in total. The zero-order valence-electron chi connectivity index (χ0n) is 40.5. The summed E-state index contributed by atoms with van der Waals surface area (Å²) in [7, 11) is 4.67. The number of esters is 1. The van der Waals surface area contributed by atoms with E-state index < -0.39 is 71.8 Å². The number of ketones is 2. The molecule has 5 rings (SSSR count). The topological polar surface area (TPSA) is 200 Å². The molecule has 366 valence electrons. The summed E-state index contributed by atoms with van der Waals surface area (Å²) >= 11 is 0.